The molecule has 0 heterocycles. The first-order valence-electron chi connectivity index (χ1n) is 21.6. The number of carbonyl (C=O) groups excluding carboxylic acids is 2. The van der Waals surface area contributed by atoms with E-state index in [0.717, 1.165) is 38.5 Å². The number of carboxylic acids is 1. The Morgan fingerprint density at radius 1 is 0.509 bits per heavy atom. The van der Waals surface area contributed by atoms with Gasteiger partial charge < -0.3 is 25.2 Å². The predicted molar refractivity (Wildman–Crippen MR) is 213 cm³/mol. The van der Waals surface area contributed by atoms with Crippen LogP contribution < -0.4 is 5.73 Å². The van der Waals surface area contributed by atoms with E-state index >= 15 is 0 Å². The van der Waals surface area contributed by atoms with Crippen LogP contribution in [0.2, 0.25) is 0 Å². The van der Waals surface area contributed by atoms with Crippen LogP contribution in [0.15, 0.2) is 0 Å². The summed E-state index contributed by atoms with van der Waals surface area (Å²) >= 11 is 0. The molecule has 0 spiro atoms. The van der Waals surface area contributed by atoms with Gasteiger partial charge in [-0.1, -0.05) is 187 Å². The van der Waals surface area contributed by atoms with Crippen molar-refractivity contribution in [3.8, 4) is 0 Å². The molecule has 0 aliphatic heterocycles. The minimum atomic E-state index is -4.70. The molecule has 53 heavy (non-hydrogen) atoms. The lowest BCUT2D eigenvalue weighted by molar-refractivity contribution is -0.161. The third-order valence-corrected chi connectivity index (χ3v) is 10.6. The maximum Gasteiger partial charge on any atom is 0.472 e. The quantitative estimate of drug-likeness (QED) is 0.0306. The lowest BCUT2D eigenvalue weighted by atomic mass is 10.0. The van der Waals surface area contributed by atoms with Gasteiger partial charge in [0.1, 0.15) is 12.6 Å². The summed E-state index contributed by atoms with van der Waals surface area (Å²) in [5.74, 6) is -2.36. The number of ether oxygens (including phenoxy) is 2. The van der Waals surface area contributed by atoms with E-state index in [-0.39, 0.29) is 19.4 Å². The Labute approximate surface area is 323 Å². The highest BCUT2D eigenvalue weighted by molar-refractivity contribution is 7.47. The topological polar surface area (TPSA) is 172 Å². The Hall–Kier alpha value is -1.52. The maximum absolute atomic E-state index is 12.6. The average Bonchev–Trinajstić information content (AvgIpc) is 3.13. The van der Waals surface area contributed by atoms with Gasteiger partial charge in [0.15, 0.2) is 6.10 Å². The molecule has 3 atom stereocenters. The van der Waals surface area contributed by atoms with Crippen LogP contribution in [0.1, 0.15) is 213 Å². The zero-order chi connectivity index (χ0) is 39.3. The number of nitrogens with two attached hydrogens (primary N) is 1. The minimum absolute atomic E-state index is 0.169. The van der Waals surface area contributed by atoms with Crippen LogP contribution in [0.5, 0.6) is 0 Å². The molecule has 0 aliphatic carbocycles. The second-order valence-electron chi connectivity index (χ2n) is 14.8. The summed E-state index contributed by atoms with van der Waals surface area (Å²) in [6.45, 7) is 2.81. The molecule has 4 N–H and O–H groups in total. The highest BCUT2D eigenvalue weighted by Gasteiger charge is 2.28. The van der Waals surface area contributed by atoms with E-state index in [9.17, 15) is 23.8 Å². The lowest BCUT2D eigenvalue weighted by Gasteiger charge is -2.20. The highest BCUT2D eigenvalue weighted by Crippen LogP contribution is 2.43. The van der Waals surface area contributed by atoms with Gasteiger partial charge >= 0.3 is 25.7 Å². The largest absolute Gasteiger partial charge is 0.480 e. The summed E-state index contributed by atoms with van der Waals surface area (Å²) in [7, 11) is -4.70. The predicted octanol–water partition coefficient (Wildman–Crippen LogP) is 11.1. The van der Waals surface area contributed by atoms with Crippen molar-refractivity contribution in [1.29, 1.82) is 0 Å². The number of phosphoric acid groups is 1. The smallest absolute Gasteiger partial charge is 0.472 e. The number of rotatable bonds is 41. The minimum Gasteiger partial charge on any atom is -0.480 e. The van der Waals surface area contributed by atoms with Gasteiger partial charge in [-0.15, -0.1) is 0 Å². The van der Waals surface area contributed by atoms with Gasteiger partial charge in [-0.25, -0.2) is 4.57 Å². The maximum atomic E-state index is 12.6. The van der Waals surface area contributed by atoms with Crippen LogP contribution in [0.25, 0.3) is 0 Å². The molecule has 1 unspecified atom stereocenters. The molecule has 0 aliphatic rings. The number of aliphatic carboxylic acids is 1. The molecule has 0 saturated heterocycles. The monoisotopic (exact) mass is 778 g/mol. The second-order valence-corrected chi connectivity index (χ2v) is 16.3. The molecule has 0 amide bonds. The van der Waals surface area contributed by atoms with Crippen molar-refractivity contribution in [3.05, 3.63) is 0 Å². The third-order valence-electron chi connectivity index (χ3n) is 9.61. The molecular weight excluding hydrogens is 697 g/mol. The van der Waals surface area contributed by atoms with Gasteiger partial charge in [0.05, 0.1) is 13.2 Å². The van der Waals surface area contributed by atoms with Crippen LogP contribution in [0, 0.1) is 0 Å². The highest BCUT2D eigenvalue weighted by atomic mass is 31.2. The molecule has 0 aromatic carbocycles. The first kappa shape index (κ1) is 51.5. The van der Waals surface area contributed by atoms with Crippen molar-refractivity contribution in [2.75, 3.05) is 19.8 Å². The fraction of sp³-hybridized carbons (Fsp3) is 0.927. The SMILES string of the molecule is CCCCCCCCCCCCCCCCCCCCCC(=O)O[C@H](COC(=O)CCCCCCCCCCCC)COP(=O)(O)OC[C@H](N)C(=O)O. The van der Waals surface area contributed by atoms with E-state index in [4.69, 9.17) is 24.8 Å². The summed E-state index contributed by atoms with van der Waals surface area (Å²) in [6, 6.07) is -1.52. The molecule has 0 aromatic heterocycles. The van der Waals surface area contributed by atoms with Gasteiger partial charge in [0.25, 0.3) is 0 Å². The Morgan fingerprint density at radius 3 is 1.19 bits per heavy atom. The normalized spacial score (nSPS) is 13.7. The number of esters is 2. The number of phosphoric ester groups is 1. The molecule has 314 valence electrons. The molecule has 0 bridgehead atoms. The van der Waals surface area contributed by atoms with Gasteiger partial charge in [-0.2, -0.15) is 0 Å². The molecule has 0 saturated carbocycles. The summed E-state index contributed by atoms with van der Waals surface area (Å²) < 4.78 is 32.6. The van der Waals surface area contributed by atoms with E-state index in [0.29, 0.717) is 12.8 Å². The Bertz CT molecular complexity index is 921. The van der Waals surface area contributed by atoms with Gasteiger partial charge in [0.2, 0.25) is 0 Å². The summed E-state index contributed by atoms with van der Waals surface area (Å²) in [6.07, 6.45) is 34.6. The van der Waals surface area contributed by atoms with E-state index in [1.54, 1.807) is 0 Å². The number of hydrogen-bond acceptors (Lipinski definition) is 9. The molecule has 12 heteroatoms. The summed E-state index contributed by atoms with van der Waals surface area (Å²) in [5.41, 5.74) is 5.32. The van der Waals surface area contributed by atoms with Crippen molar-refractivity contribution < 1.29 is 47.5 Å². The van der Waals surface area contributed by atoms with Gasteiger partial charge in [0, 0.05) is 12.8 Å². The fourth-order valence-electron chi connectivity index (χ4n) is 6.18. The van der Waals surface area contributed by atoms with E-state index in [1.165, 1.54) is 135 Å². The Kier molecular flexibility index (Phi) is 36.3. The Morgan fingerprint density at radius 2 is 0.830 bits per heavy atom. The van der Waals surface area contributed by atoms with E-state index in [2.05, 4.69) is 18.4 Å². The van der Waals surface area contributed by atoms with Gasteiger partial charge in [-0.05, 0) is 12.8 Å². The molecule has 11 nitrogen and oxygen atoms in total. The average molecular weight is 778 g/mol. The van der Waals surface area contributed by atoms with Crippen LogP contribution in [-0.4, -0.2) is 59.9 Å². The number of carboxylic acid groups (broad SMARTS) is 1. The fourth-order valence-corrected chi connectivity index (χ4v) is 6.96. The zero-order valence-electron chi connectivity index (χ0n) is 33.9. The third kappa shape index (κ3) is 37.2. The van der Waals surface area contributed by atoms with Crippen LogP contribution in [0.3, 0.4) is 0 Å². The molecule has 0 rings (SSSR count). The molecule has 0 radical (unpaired) electrons. The van der Waals surface area contributed by atoms with Crippen LogP contribution >= 0.6 is 7.82 Å². The van der Waals surface area contributed by atoms with E-state index in [1.807, 2.05) is 0 Å². The van der Waals surface area contributed by atoms with Crippen molar-refractivity contribution in [2.45, 2.75) is 225 Å². The molecule has 0 aromatic rings. The number of hydrogen-bond donors (Lipinski definition) is 3. The van der Waals surface area contributed by atoms with Crippen molar-refractivity contribution >= 4 is 25.7 Å². The first-order valence-corrected chi connectivity index (χ1v) is 23.1. The van der Waals surface area contributed by atoms with Crippen molar-refractivity contribution in [1.82, 2.24) is 0 Å². The number of carbonyl (C=O) groups is 3. The van der Waals surface area contributed by atoms with Crippen molar-refractivity contribution in [2.24, 2.45) is 5.73 Å². The molecular formula is C41H80NO10P. The molecule has 0 fully saturated rings. The summed E-state index contributed by atoms with van der Waals surface area (Å²) in [4.78, 5) is 45.8. The second kappa shape index (κ2) is 37.4. The summed E-state index contributed by atoms with van der Waals surface area (Å²) in [5, 5.41) is 8.87. The van der Waals surface area contributed by atoms with Crippen LogP contribution in [0.4, 0.5) is 0 Å². The Balaban J connectivity index is 4.26. The first-order chi connectivity index (χ1) is 25.6. The standard InChI is InChI=1S/C41H80NO10P/c1-3-5-7-9-11-13-15-16-17-18-19-20-21-22-23-25-27-29-31-33-40(44)52-37(35-50-53(47,48)51-36-38(42)41(45)46)34-49-39(43)32-30-28-26-24-14-12-10-8-6-4-2/h37-38H,3-36,42H2,1-2H3,(H,45,46)(H,47,48)/t37-,38+/m1/s1. The van der Waals surface area contributed by atoms with Crippen LogP contribution in [-0.2, 0) is 37.5 Å². The van der Waals surface area contributed by atoms with E-state index < -0.39 is 51.1 Å². The number of unbranched alkanes of at least 4 members (excludes halogenated alkanes) is 27. The van der Waals surface area contributed by atoms with Gasteiger partial charge in [-0.3, -0.25) is 23.4 Å². The lowest BCUT2D eigenvalue weighted by Crippen LogP contribution is -2.34. The zero-order valence-corrected chi connectivity index (χ0v) is 34.8. The van der Waals surface area contributed by atoms with Crippen molar-refractivity contribution in [3.63, 3.8) is 0 Å².